The number of nitrogens with two attached hydrogens (primary N) is 1. The predicted molar refractivity (Wildman–Crippen MR) is 109 cm³/mol. The first-order valence-electron chi connectivity index (χ1n) is 8.60. The Morgan fingerprint density at radius 3 is 2.48 bits per heavy atom. The molecule has 140 valence electrons. The molecule has 0 saturated carbocycles. The molecule has 27 heavy (non-hydrogen) atoms. The summed E-state index contributed by atoms with van der Waals surface area (Å²) in [5.41, 5.74) is 9.31. The van der Waals surface area contributed by atoms with Crippen molar-refractivity contribution in [1.29, 1.82) is 0 Å². The van der Waals surface area contributed by atoms with Gasteiger partial charge in [-0.15, -0.1) is 0 Å². The van der Waals surface area contributed by atoms with Crippen molar-refractivity contribution >= 4 is 15.7 Å². The summed E-state index contributed by atoms with van der Waals surface area (Å²) in [5, 5.41) is 0. The lowest BCUT2D eigenvalue weighted by molar-refractivity contribution is 0.472. The van der Waals surface area contributed by atoms with E-state index >= 15 is 0 Å². The van der Waals surface area contributed by atoms with Crippen molar-refractivity contribution in [3.8, 4) is 11.1 Å². The molecule has 3 N–H and O–H groups in total. The highest BCUT2D eigenvalue weighted by atomic mass is 32.2. The van der Waals surface area contributed by atoms with Gasteiger partial charge >= 0.3 is 0 Å². The number of hydrogen-bond acceptors (Lipinski definition) is 4. The van der Waals surface area contributed by atoms with Crippen LogP contribution in [0.2, 0.25) is 0 Å². The van der Waals surface area contributed by atoms with Gasteiger partial charge in [-0.3, -0.25) is 4.98 Å². The van der Waals surface area contributed by atoms with E-state index in [0.29, 0.717) is 5.69 Å². The van der Waals surface area contributed by atoms with Gasteiger partial charge in [0.05, 0.1) is 22.3 Å². The summed E-state index contributed by atoms with van der Waals surface area (Å²) in [6, 6.07) is 16.4. The predicted octanol–water partition coefficient (Wildman–Crippen LogP) is 3.85. The Morgan fingerprint density at radius 2 is 1.78 bits per heavy atom. The first-order chi connectivity index (χ1) is 12.7. The molecule has 0 bridgehead atoms. The van der Waals surface area contributed by atoms with Gasteiger partial charge in [0.1, 0.15) is 0 Å². The number of pyridine rings is 1. The van der Waals surface area contributed by atoms with Crippen LogP contribution in [0.5, 0.6) is 0 Å². The number of nitrogen functional groups attached to an aromatic ring is 1. The van der Waals surface area contributed by atoms with Gasteiger partial charge in [0.25, 0.3) is 0 Å². The van der Waals surface area contributed by atoms with Gasteiger partial charge in [0, 0.05) is 11.8 Å². The maximum atomic E-state index is 12.8. The van der Waals surface area contributed by atoms with Crippen molar-refractivity contribution in [2.75, 3.05) is 5.73 Å². The lowest BCUT2D eigenvalue weighted by atomic mass is 9.92. The molecule has 1 aromatic heterocycles. The van der Waals surface area contributed by atoms with Gasteiger partial charge in [-0.2, -0.15) is 0 Å². The molecule has 5 nitrogen and oxygen atoms in total. The molecule has 0 saturated heterocycles. The van der Waals surface area contributed by atoms with E-state index in [1.165, 1.54) is 0 Å². The summed E-state index contributed by atoms with van der Waals surface area (Å²) >= 11 is 0. The number of hydrogen-bond donors (Lipinski definition) is 2. The lowest BCUT2D eigenvalue weighted by Gasteiger charge is -2.27. The summed E-state index contributed by atoms with van der Waals surface area (Å²) in [4.78, 5) is 4.27. The summed E-state index contributed by atoms with van der Waals surface area (Å²) in [6.45, 7) is 5.55. The molecule has 0 aliphatic rings. The van der Waals surface area contributed by atoms with Crippen LogP contribution in [0.4, 0.5) is 5.69 Å². The summed E-state index contributed by atoms with van der Waals surface area (Å²) in [7, 11) is -3.66. The largest absolute Gasteiger partial charge is 0.397 e. The molecule has 0 atom stereocenters. The molecule has 1 heterocycles. The molecule has 2 aromatic carbocycles. The number of nitrogens with zero attached hydrogens (tertiary/aromatic N) is 1. The smallest absolute Gasteiger partial charge is 0.241 e. The van der Waals surface area contributed by atoms with E-state index in [1.807, 2.05) is 57.2 Å². The zero-order chi connectivity index (χ0) is 19.7. The van der Waals surface area contributed by atoms with Crippen molar-refractivity contribution < 1.29 is 8.42 Å². The van der Waals surface area contributed by atoms with Gasteiger partial charge in [-0.05, 0) is 61.7 Å². The number of sulfonamides is 1. The van der Waals surface area contributed by atoms with Gasteiger partial charge in [-0.1, -0.05) is 30.3 Å². The van der Waals surface area contributed by atoms with E-state index in [1.54, 1.807) is 30.6 Å². The maximum absolute atomic E-state index is 12.8. The van der Waals surface area contributed by atoms with Crippen LogP contribution in [-0.4, -0.2) is 13.4 Å². The van der Waals surface area contributed by atoms with Crippen LogP contribution in [0.1, 0.15) is 25.0 Å². The molecular formula is C21H23N3O2S. The second kappa shape index (κ2) is 7.13. The Bertz CT molecular complexity index is 1080. The quantitative estimate of drug-likeness (QED) is 0.703. The third-order valence-corrected chi connectivity index (χ3v) is 6.09. The number of aryl methyl sites for hydroxylation is 1. The highest BCUT2D eigenvalue weighted by Gasteiger charge is 2.28. The lowest BCUT2D eigenvalue weighted by Crippen LogP contribution is -2.40. The Hall–Kier alpha value is -2.70. The van der Waals surface area contributed by atoms with Gasteiger partial charge < -0.3 is 5.73 Å². The molecule has 0 spiro atoms. The molecule has 0 radical (unpaired) electrons. The van der Waals surface area contributed by atoms with E-state index in [2.05, 4.69) is 9.71 Å². The second-order valence-electron chi connectivity index (χ2n) is 7.09. The topological polar surface area (TPSA) is 85.1 Å². The monoisotopic (exact) mass is 381 g/mol. The molecular weight excluding hydrogens is 358 g/mol. The fourth-order valence-corrected chi connectivity index (χ4v) is 4.49. The van der Waals surface area contributed by atoms with E-state index in [9.17, 15) is 8.42 Å². The number of nitrogens with one attached hydrogen (secondary N) is 1. The van der Waals surface area contributed by atoms with E-state index < -0.39 is 15.6 Å². The minimum absolute atomic E-state index is 0.255. The Kier molecular flexibility index (Phi) is 5.04. The Morgan fingerprint density at radius 1 is 1.04 bits per heavy atom. The summed E-state index contributed by atoms with van der Waals surface area (Å²) < 4.78 is 28.5. The Labute approximate surface area is 160 Å². The SMILES string of the molecule is Cc1cccc(S(=O)(=O)NC(C)(C)c2cccc(-c3ccncc3N)c2)c1. The fraction of sp³-hybridized carbons (Fsp3) is 0.190. The van der Waals surface area contributed by atoms with Crippen LogP contribution in [-0.2, 0) is 15.6 Å². The zero-order valence-electron chi connectivity index (χ0n) is 15.6. The molecule has 3 aromatic rings. The highest BCUT2D eigenvalue weighted by molar-refractivity contribution is 7.89. The molecule has 0 amide bonds. The molecule has 0 aliphatic carbocycles. The third kappa shape index (κ3) is 4.18. The van der Waals surface area contributed by atoms with Crippen molar-refractivity contribution in [2.24, 2.45) is 0 Å². The highest BCUT2D eigenvalue weighted by Crippen LogP contribution is 2.30. The van der Waals surface area contributed by atoms with Crippen molar-refractivity contribution in [3.05, 3.63) is 78.1 Å². The Balaban J connectivity index is 1.96. The van der Waals surface area contributed by atoms with Crippen LogP contribution in [0.3, 0.4) is 0 Å². The second-order valence-corrected chi connectivity index (χ2v) is 8.77. The molecule has 0 unspecified atom stereocenters. The van der Waals surface area contributed by atoms with Gasteiger partial charge in [0.2, 0.25) is 10.0 Å². The van der Waals surface area contributed by atoms with Crippen molar-refractivity contribution in [2.45, 2.75) is 31.2 Å². The van der Waals surface area contributed by atoms with Crippen LogP contribution in [0.25, 0.3) is 11.1 Å². The molecule has 0 fully saturated rings. The van der Waals surface area contributed by atoms with Gasteiger partial charge in [-0.25, -0.2) is 13.1 Å². The fourth-order valence-electron chi connectivity index (χ4n) is 2.98. The first kappa shape index (κ1) is 19.1. The van der Waals surface area contributed by atoms with Crippen molar-refractivity contribution in [3.63, 3.8) is 0 Å². The minimum atomic E-state index is -3.66. The average Bonchev–Trinajstić information content (AvgIpc) is 2.61. The zero-order valence-corrected chi connectivity index (χ0v) is 16.4. The number of aromatic nitrogens is 1. The van der Waals surface area contributed by atoms with Crippen LogP contribution < -0.4 is 10.5 Å². The average molecular weight is 382 g/mol. The van der Waals surface area contributed by atoms with Crippen LogP contribution >= 0.6 is 0 Å². The standard InChI is InChI=1S/C21H23N3O2S/c1-15-6-4-9-18(12-15)27(25,26)24-21(2,3)17-8-5-7-16(13-17)19-10-11-23-14-20(19)22/h4-14,24H,22H2,1-3H3. The number of rotatable bonds is 5. The van der Waals surface area contributed by atoms with E-state index in [0.717, 1.165) is 22.3 Å². The minimum Gasteiger partial charge on any atom is -0.397 e. The maximum Gasteiger partial charge on any atom is 0.241 e. The van der Waals surface area contributed by atoms with Crippen molar-refractivity contribution in [1.82, 2.24) is 9.71 Å². The summed E-state index contributed by atoms with van der Waals surface area (Å²) in [6.07, 6.45) is 3.29. The number of benzene rings is 2. The van der Waals surface area contributed by atoms with Gasteiger partial charge in [0.15, 0.2) is 0 Å². The van der Waals surface area contributed by atoms with E-state index in [-0.39, 0.29) is 4.90 Å². The molecule has 3 rings (SSSR count). The third-order valence-electron chi connectivity index (χ3n) is 4.44. The summed E-state index contributed by atoms with van der Waals surface area (Å²) in [5.74, 6) is 0. The molecule has 6 heteroatoms. The first-order valence-corrected chi connectivity index (χ1v) is 10.1. The normalized spacial score (nSPS) is 12.1. The molecule has 0 aliphatic heterocycles. The van der Waals surface area contributed by atoms with Crippen LogP contribution in [0, 0.1) is 6.92 Å². The van der Waals surface area contributed by atoms with E-state index in [4.69, 9.17) is 5.73 Å². The number of anilines is 1. The van der Waals surface area contributed by atoms with Crippen LogP contribution in [0.15, 0.2) is 71.9 Å².